The summed E-state index contributed by atoms with van der Waals surface area (Å²) in [6.07, 6.45) is 1.43. The van der Waals surface area contributed by atoms with Gasteiger partial charge in [-0.25, -0.2) is 4.98 Å². The van der Waals surface area contributed by atoms with E-state index < -0.39 is 0 Å². The first-order chi connectivity index (χ1) is 14.1. The molecule has 0 saturated carbocycles. The van der Waals surface area contributed by atoms with Gasteiger partial charge in [0.2, 0.25) is 0 Å². The number of anilines is 2. The summed E-state index contributed by atoms with van der Waals surface area (Å²) in [6.45, 7) is 2.03. The molecular weight excluding hydrogens is 386 g/mol. The van der Waals surface area contributed by atoms with E-state index in [0.29, 0.717) is 16.4 Å². The number of amides is 2. The third-order valence-corrected chi connectivity index (χ3v) is 4.96. The van der Waals surface area contributed by atoms with Crippen LogP contribution in [0.4, 0.5) is 10.8 Å². The maximum Gasteiger partial charge on any atom is 0.291 e. The van der Waals surface area contributed by atoms with E-state index in [1.165, 1.54) is 23.2 Å². The number of carbonyl (C=O) groups excluding carboxylic acids is 2. The summed E-state index contributed by atoms with van der Waals surface area (Å²) in [6, 6.07) is 17.9. The van der Waals surface area contributed by atoms with Gasteiger partial charge in [0.15, 0.2) is 10.9 Å². The van der Waals surface area contributed by atoms with Crippen molar-refractivity contribution < 1.29 is 14.0 Å². The minimum absolute atomic E-state index is 0.200. The normalized spacial score (nSPS) is 10.5. The van der Waals surface area contributed by atoms with E-state index in [4.69, 9.17) is 4.42 Å². The number of furan rings is 1. The summed E-state index contributed by atoms with van der Waals surface area (Å²) in [7, 11) is 0. The molecule has 0 atom stereocenters. The van der Waals surface area contributed by atoms with Crippen LogP contribution in [0.25, 0.3) is 11.3 Å². The smallest absolute Gasteiger partial charge is 0.291 e. The van der Waals surface area contributed by atoms with Gasteiger partial charge in [-0.1, -0.05) is 35.9 Å². The Morgan fingerprint density at radius 2 is 1.79 bits per heavy atom. The zero-order chi connectivity index (χ0) is 20.2. The van der Waals surface area contributed by atoms with Crippen LogP contribution in [0.3, 0.4) is 0 Å². The minimum Gasteiger partial charge on any atom is -0.459 e. The molecule has 0 aliphatic rings. The molecule has 0 fully saturated rings. The van der Waals surface area contributed by atoms with E-state index in [1.54, 1.807) is 36.4 Å². The van der Waals surface area contributed by atoms with Gasteiger partial charge in [0.05, 0.1) is 12.0 Å². The Morgan fingerprint density at radius 3 is 2.55 bits per heavy atom. The number of nitrogens with one attached hydrogen (secondary N) is 2. The van der Waals surface area contributed by atoms with Crippen LogP contribution in [-0.4, -0.2) is 16.8 Å². The van der Waals surface area contributed by atoms with E-state index in [9.17, 15) is 9.59 Å². The van der Waals surface area contributed by atoms with Gasteiger partial charge in [0.1, 0.15) is 0 Å². The van der Waals surface area contributed by atoms with Crippen molar-refractivity contribution in [1.82, 2.24) is 4.98 Å². The molecule has 0 aliphatic carbocycles. The summed E-state index contributed by atoms with van der Waals surface area (Å²) in [5, 5.41) is 7.93. The van der Waals surface area contributed by atoms with Crippen LogP contribution >= 0.6 is 11.3 Å². The third-order valence-electron chi connectivity index (χ3n) is 4.20. The predicted octanol–water partition coefficient (Wildman–Crippen LogP) is 5.22. The topological polar surface area (TPSA) is 84.2 Å². The maximum absolute atomic E-state index is 12.6. The highest BCUT2D eigenvalue weighted by molar-refractivity contribution is 7.14. The van der Waals surface area contributed by atoms with Crippen molar-refractivity contribution in [2.45, 2.75) is 6.92 Å². The average molecular weight is 403 g/mol. The van der Waals surface area contributed by atoms with Gasteiger partial charge >= 0.3 is 0 Å². The van der Waals surface area contributed by atoms with Gasteiger partial charge in [0, 0.05) is 22.2 Å². The van der Waals surface area contributed by atoms with Gasteiger partial charge in [-0.2, -0.15) is 0 Å². The van der Waals surface area contributed by atoms with E-state index in [2.05, 4.69) is 15.6 Å². The van der Waals surface area contributed by atoms with Crippen LogP contribution in [0.1, 0.15) is 26.5 Å². The summed E-state index contributed by atoms with van der Waals surface area (Å²) in [5.41, 5.74) is 3.89. The fraction of sp³-hybridized carbons (Fsp3) is 0.0455. The summed E-state index contributed by atoms with van der Waals surface area (Å²) in [4.78, 5) is 29.2. The number of thiazole rings is 1. The van der Waals surface area contributed by atoms with Crippen molar-refractivity contribution >= 4 is 34.0 Å². The molecule has 144 valence electrons. The molecule has 2 aromatic heterocycles. The van der Waals surface area contributed by atoms with Crippen LogP contribution in [0.15, 0.2) is 76.7 Å². The molecule has 0 aliphatic heterocycles. The fourth-order valence-electron chi connectivity index (χ4n) is 2.70. The number of rotatable bonds is 5. The van der Waals surface area contributed by atoms with Crippen molar-refractivity contribution in [3.63, 3.8) is 0 Å². The number of benzene rings is 2. The summed E-state index contributed by atoms with van der Waals surface area (Å²) < 4.78 is 5.07. The van der Waals surface area contributed by atoms with Gasteiger partial charge in [-0.15, -0.1) is 11.3 Å². The minimum atomic E-state index is -0.379. The molecule has 0 radical (unpaired) electrons. The second-order valence-corrected chi connectivity index (χ2v) is 7.23. The van der Waals surface area contributed by atoms with Crippen molar-refractivity contribution in [2.75, 3.05) is 10.6 Å². The number of carbonyl (C=O) groups is 2. The molecule has 2 N–H and O–H groups in total. The molecule has 29 heavy (non-hydrogen) atoms. The van der Waals surface area contributed by atoms with Gasteiger partial charge in [0.25, 0.3) is 11.8 Å². The van der Waals surface area contributed by atoms with Crippen molar-refractivity contribution in [3.05, 3.63) is 89.2 Å². The Hall–Kier alpha value is -3.71. The maximum atomic E-state index is 12.6. The lowest BCUT2D eigenvalue weighted by Crippen LogP contribution is -2.14. The number of aryl methyl sites for hydroxylation is 1. The molecule has 0 bridgehead atoms. The molecule has 0 saturated heterocycles. The van der Waals surface area contributed by atoms with Crippen LogP contribution < -0.4 is 10.6 Å². The molecule has 7 heteroatoms. The van der Waals surface area contributed by atoms with Gasteiger partial charge < -0.3 is 9.73 Å². The van der Waals surface area contributed by atoms with Crippen LogP contribution in [0.2, 0.25) is 0 Å². The van der Waals surface area contributed by atoms with Crippen LogP contribution in [-0.2, 0) is 0 Å². The second-order valence-electron chi connectivity index (χ2n) is 6.37. The Bertz CT molecular complexity index is 1150. The lowest BCUT2D eigenvalue weighted by Gasteiger charge is -2.06. The summed E-state index contributed by atoms with van der Waals surface area (Å²) in [5.74, 6) is -0.481. The lowest BCUT2D eigenvalue weighted by atomic mass is 10.1. The standard InChI is InChI=1S/C22H17N3O3S/c1-14-7-9-15(10-8-14)18-13-29-22(24-18)25-20(26)16-4-2-5-17(12-16)23-21(27)19-6-3-11-28-19/h2-13H,1H3,(H,23,27)(H,24,25,26). The number of hydrogen-bond donors (Lipinski definition) is 2. The molecule has 2 aromatic carbocycles. The zero-order valence-corrected chi connectivity index (χ0v) is 16.3. The molecule has 4 aromatic rings. The Morgan fingerprint density at radius 1 is 0.966 bits per heavy atom. The quantitative estimate of drug-likeness (QED) is 0.479. The Labute approximate surface area is 171 Å². The van der Waals surface area contributed by atoms with Gasteiger partial charge in [-0.05, 0) is 37.3 Å². The van der Waals surface area contributed by atoms with E-state index >= 15 is 0 Å². The summed E-state index contributed by atoms with van der Waals surface area (Å²) >= 11 is 1.36. The SMILES string of the molecule is Cc1ccc(-c2csc(NC(=O)c3cccc(NC(=O)c4ccco4)c3)n2)cc1. The lowest BCUT2D eigenvalue weighted by molar-refractivity contribution is 0.0993. The Balaban J connectivity index is 1.45. The average Bonchev–Trinajstić information content (AvgIpc) is 3.41. The monoisotopic (exact) mass is 403 g/mol. The van der Waals surface area contributed by atoms with Crippen molar-refractivity contribution in [2.24, 2.45) is 0 Å². The van der Waals surface area contributed by atoms with Gasteiger partial charge in [-0.3, -0.25) is 14.9 Å². The molecule has 0 spiro atoms. The first-order valence-corrected chi connectivity index (χ1v) is 9.75. The van der Waals surface area contributed by atoms with E-state index in [1.807, 2.05) is 36.6 Å². The fourth-order valence-corrected chi connectivity index (χ4v) is 3.41. The third kappa shape index (κ3) is 4.41. The second kappa shape index (κ2) is 8.12. The van der Waals surface area contributed by atoms with Crippen molar-refractivity contribution in [1.29, 1.82) is 0 Å². The molecule has 2 heterocycles. The molecule has 2 amide bonds. The molecule has 6 nitrogen and oxygen atoms in total. The highest BCUT2D eigenvalue weighted by Crippen LogP contribution is 2.25. The molecule has 0 unspecified atom stereocenters. The number of aromatic nitrogens is 1. The highest BCUT2D eigenvalue weighted by Gasteiger charge is 2.13. The predicted molar refractivity (Wildman–Crippen MR) is 113 cm³/mol. The molecular formula is C22H17N3O3S. The van der Waals surface area contributed by atoms with Crippen LogP contribution in [0, 0.1) is 6.92 Å². The Kier molecular flexibility index (Phi) is 5.22. The largest absolute Gasteiger partial charge is 0.459 e. The molecule has 4 rings (SSSR count). The number of hydrogen-bond acceptors (Lipinski definition) is 5. The van der Waals surface area contributed by atoms with E-state index in [0.717, 1.165) is 11.3 Å². The number of nitrogens with zero attached hydrogens (tertiary/aromatic N) is 1. The van der Waals surface area contributed by atoms with E-state index in [-0.39, 0.29) is 17.6 Å². The van der Waals surface area contributed by atoms with Crippen molar-refractivity contribution in [3.8, 4) is 11.3 Å². The van der Waals surface area contributed by atoms with Crippen LogP contribution in [0.5, 0.6) is 0 Å². The zero-order valence-electron chi connectivity index (χ0n) is 15.5. The highest BCUT2D eigenvalue weighted by atomic mass is 32.1. The first-order valence-electron chi connectivity index (χ1n) is 8.87. The first kappa shape index (κ1) is 18.6.